The molecule has 2 N–H and O–H groups in total. The van der Waals surface area contributed by atoms with Crippen molar-refractivity contribution in [2.24, 2.45) is 0 Å². The first-order valence-electron chi connectivity index (χ1n) is 8.46. The van der Waals surface area contributed by atoms with Crippen molar-refractivity contribution in [3.05, 3.63) is 69.8 Å². The molecule has 2 aromatic rings. The molecule has 3 rings (SSSR count). The van der Waals surface area contributed by atoms with Gasteiger partial charge in [-0.1, -0.05) is 30.3 Å². The van der Waals surface area contributed by atoms with E-state index in [1.165, 1.54) is 23.5 Å². The highest BCUT2D eigenvalue weighted by atomic mass is 16.6. The summed E-state index contributed by atoms with van der Waals surface area (Å²) >= 11 is 0. The lowest BCUT2D eigenvalue weighted by atomic mass is 10.1. The lowest BCUT2D eigenvalue weighted by Gasteiger charge is -2.15. The highest BCUT2D eigenvalue weighted by molar-refractivity contribution is 5.95. The molecule has 1 heterocycles. The van der Waals surface area contributed by atoms with Gasteiger partial charge < -0.3 is 10.2 Å². The number of quaternary nitrogens is 1. The largest absolute Gasteiger partial charge is 0.371 e. The molecule has 1 aliphatic rings. The van der Waals surface area contributed by atoms with Crippen LogP contribution in [0.3, 0.4) is 0 Å². The summed E-state index contributed by atoms with van der Waals surface area (Å²) in [5, 5.41) is 14.6. The van der Waals surface area contributed by atoms with Gasteiger partial charge in [0.15, 0.2) is 5.78 Å². The second-order valence-electron chi connectivity index (χ2n) is 6.54. The fraction of sp³-hybridized carbons (Fsp3) is 0.316. The predicted molar refractivity (Wildman–Crippen MR) is 96.0 cm³/mol. The molecule has 0 bridgehead atoms. The number of hydrogen-bond acceptors (Lipinski definition) is 4. The molecule has 130 valence electrons. The first kappa shape index (κ1) is 17.1. The van der Waals surface area contributed by atoms with Gasteiger partial charge in [-0.15, -0.1) is 0 Å². The third-order valence-corrected chi connectivity index (χ3v) is 4.64. The Morgan fingerprint density at radius 1 is 1.28 bits per heavy atom. The number of Topliss-reactive ketones (excluding diaryl/α,β-unsaturated/α-hetero) is 1. The molecule has 0 radical (unpaired) electrons. The molecule has 0 saturated carbocycles. The third kappa shape index (κ3) is 4.22. The standard InChI is InChI=1S/C19H21N3O3/c1-14(23)16-7-8-18(19(11-16)22(24)25)20-17-9-10-21(13-17)12-15-5-3-2-4-6-15/h2-8,11,17,20H,9-10,12-13H2,1H3/p+1/t17-/m1/s1. The fourth-order valence-electron chi connectivity index (χ4n) is 3.34. The molecular weight excluding hydrogens is 318 g/mol. The minimum atomic E-state index is -0.432. The topological polar surface area (TPSA) is 76.7 Å². The van der Waals surface area contributed by atoms with E-state index in [-0.39, 0.29) is 17.5 Å². The summed E-state index contributed by atoms with van der Waals surface area (Å²) in [5.41, 5.74) is 2.11. The highest BCUT2D eigenvalue weighted by Crippen LogP contribution is 2.27. The zero-order valence-electron chi connectivity index (χ0n) is 14.2. The number of carbonyl (C=O) groups is 1. The second kappa shape index (κ2) is 7.44. The van der Waals surface area contributed by atoms with Gasteiger partial charge in [0.1, 0.15) is 12.2 Å². The Morgan fingerprint density at radius 3 is 2.72 bits per heavy atom. The van der Waals surface area contributed by atoms with Crippen LogP contribution in [0.15, 0.2) is 48.5 Å². The summed E-state index contributed by atoms with van der Waals surface area (Å²) in [7, 11) is 0. The number of carbonyl (C=O) groups excluding carboxylic acids is 1. The van der Waals surface area contributed by atoms with Crippen LogP contribution >= 0.6 is 0 Å². The normalized spacial score (nSPS) is 19.6. The number of rotatable bonds is 6. The van der Waals surface area contributed by atoms with Gasteiger partial charge in [0.2, 0.25) is 0 Å². The maximum atomic E-state index is 11.4. The number of nitrogens with one attached hydrogen (secondary N) is 2. The van der Waals surface area contributed by atoms with E-state index in [0.29, 0.717) is 11.3 Å². The number of hydrogen-bond donors (Lipinski definition) is 2. The predicted octanol–water partition coefficient (Wildman–Crippen LogP) is 2.07. The van der Waals surface area contributed by atoms with Crippen molar-refractivity contribution >= 4 is 17.2 Å². The minimum Gasteiger partial charge on any atom is -0.371 e. The van der Waals surface area contributed by atoms with Crippen molar-refractivity contribution in [3.63, 3.8) is 0 Å². The van der Waals surface area contributed by atoms with Crippen molar-refractivity contribution in [1.82, 2.24) is 0 Å². The number of benzene rings is 2. The van der Waals surface area contributed by atoms with Crippen LogP contribution in [-0.2, 0) is 6.54 Å². The second-order valence-corrected chi connectivity index (χ2v) is 6.54. The summed E-state index contributed by atoms with van der Waals surface area (Å²) in [6, 6.07) is 15.2. The molecule has 2 atom stereocenters. The lowest BCUT2D eigenvalue weighted by molar-refractivity contribution is -0.901. The van der Waals surface area contributed by atoms with Crippen LogP contribution in [0.2, 0.25) is 0 Å². The molecule has 25 heavy (non-hydrogen) atoms. The number of anilines is 1. The molecule has 1 unspecified atom stereocenters. The summed E-state index contributed by atoms with van der Waals surface area (Å²) in [4.78, 5) is 23.8. The van der Waals surface area contributed by atoms with Crippen molar-refractivity contribution in [3.8, 4) is 0 Å². The van der Waals surface area contributed by atoms with E-state index < -0.39 is 4.92 Å². The van der Waals surface area contributed by atoms with E-state index in [4.69, 9.17) is 0 Å². The molecule has 0 aliphatic carbocycles. The van der Waals surface area contributed by atoms with E-state index in [1.807, 2.05) is 18.2 Å². The lowest BCUT2D eigenvalue weighted by Crippen LogP contribution is -3.09. The molecule has 0 spiro atoms. The van der Waals surface area contributed by atoms with Crippen molar-refractivity contribution in [2.45, 2.75) is 25.9 Å². The monoisotopic (exact) mass is 340 g/mol. The van der Waals surface area contributed by atoms with E-state index in [2.05, 4.69) is 17.4 Å². The van der Waals surface area contributed by atoms with Gasteiger partial charge in [0, 0.05) is 23.6 Å². The Kier molecular flexibility index (Phi) is 5.09. The molecule has 1 aliphatic heterocycles. The van der Waals surface area contributed by atoms with Gasteiger partial charge in [-0.05, 0) is 19.1 Å². The number of ketones is 1. The third-order valence-electron chi connectivity index (χ3n) is 4.64. The number of nitro benzene ring substituents is 1. The van der Waals surface area contributed by atoms with Crippen LogP contribution in [0.5, 0.6) is 0 Å². The summed E-state index contributed by atoms with van der Waals surface area (Å²) in [6.07, 6.45) is 0.966. The van der Waals surface area contributed by atoms with Crippen molar-refractivity contribution in [2.75, 3.05) is 18.4 Å². The van der Waals surface area contributed by atoms with Crippen LogP contribution < -0.4 is 10.2 Å². The molecule has 0 aromatic heterocycles. The number of nitrogens with zero attached hydrogens (tertiary/aromatic N) is 1. The molecular formula is C19H22N3O3+. The van der Waals surface area contributed by atoms with E-state index in [0.717, 1.165) is 26.1 Å². The van der Waals surface area contributed by atoms with Crippen LogP contribution in [0.25, 0.3) is 0 Å². The quantitative estimate of drug-likeness (QED) is 0.479. The van der Waals surface area contributed by atoms with Gasteiger partial charge in [0.25, 0.3) is 5.69 Å². The average Bonchev–Trinajstić information content (AvgIpc) is 3.02. The zero-order chi connectivity index (χ0) is 17.8. The highest BCUT2D eigenvalue weighted by Gasteiger charge is 2.28. The smallest absolute Gasteiger partial charge is 0.293 e. The van der Waals surface area contributed by atoms with Gasteiger partial charge in [-0.2, -0.15) is 0 Å². The van der Waals surface area contributed by atoms with E-state index in [1.54, 1.807) is 12.1 Å². The van der Waals surface area contributed by atoms with Gasteiger partial charge in [-0.3, -0.25) is 14.9 Å². The molecule has 1 saturated heterocycles. The molecule has 1 fully saturated rings. The molecule has 0 amide bonds. The summed E-state index contributed by atoms with van der Waals surface area (Å²) in [6.45, 7) is 4.32. The first-order valence-corrected chi connectivity index (χ1v) is 8.46. The van der Waals surface area contributed by atoms with Gasteiger partial charge >= 0.3 is 0 Å². The van der Waals surface area contributed by atoms with Crippen molar-refractivity contribution < 1.29 is 14.6 Å². The Labute approximate surface area is 146 Å². The van der Waals surface area contributed by atoms with Crippen LogP contribution in [0.1, 0.15) is 29.3 Å². The van der Waals surface area contributed by atoms with E-state index in [9.17, 15) is 14.9 Å². The summed E-state index contributed by atoms with van der Waals surface area (Å²) < 4.78 is 0. The first-order chi connectivity index (χ1) is 12.0. The molecule has 6 heteroatoms. The Balaban J connectivity index is 1.67. The Hall–Kier alpha value is -2.73. The molecule has 6 nitrogen and oxygen atoms in total. The van der Waals surface area contributed by atoms with Crippen LogP contribution in [-0.4, -0.2) is 29.8 Å². The minimum absolute atomic E-state index is 0.0378. The Bertz CT molecular complexity index is 777. The van der Waals surface area contributed by atoms with E-state index >= 15 is 0 Å². The van der Waals surface area contributed by atoms with Crippen LogP contribution in [0.4, 0.5) is 11.4 Å². The summed E-state index contributed by atoms with van der Waals surface area (Å²) in [5.74, 6) is -0.172. The zero-order valence-corrected chi connectivity index (χ0v) is 14.2. The number of likely N-dealkylation sites (tertiary alicyclic amines) is 1. The Morgan fingerprint density at radius 2 is 2.04 bits per heavy atom. The van der Waals surface area contributed by atoms with Gasteiger partial charge in [0.05, 0.1) is 24.1 Å². The number of nitro groups is 1. The average molecular weight is 340 g/mol. The van der Waals surface area contributed by atoms with Gasteiger partial charge in [-0.25, -0.2) is 0 Å². The maximum Gasteiger partial charge on any atom is 0.293 e. The van der Waals surface area contributed by atoms with Crippen molar-refractivity contribution in [1.29, 1.82) is 0 Å². The fourth-order valence-corrected chi connectivity index (χ4v) is 3.34. The maximum absolute atomic E-state index is 11.4. The molecule has 2 aromatic carbocycles. The van der Waals surface area contributed by atoms with Crippen LogP contribution in [0, 0.1) is 10.1 Å². The SMILES string of the molecule is CC(=O)c1ccc(N[C@@H]2CC[NH+](Cc3ccccc3)C2)c([N+](=O)[O-])c1.